The van der Waals surface area contributed by atoms with Gasteiger partial charge in [0, 0.05) is 12.4 Å². The molecule has 2 nitrogen and oxygen atoms in total. The van der Waals surface area contributed by atoms with Crippen molar-refractivity contribution >= 4 is 5.65 Å². The van der Waals surface area contributed by atoms with Gasteiger partial charge in [-0.2, -0.15) is 0 Å². The summed E-state index contributed by atoms with van der Waals surface area (Å²) in [7, 11) is 0. The molecular formula is C11H16N2. The molecule has 0 N–H and O–H groups in total. The molecule has 2 aromatic rings. The van der Waals surface area contributed by atoms with Crippen LogP contribution in [0.2, 0.25) is 0 Å². The highest BCUT2D eigenvalue weighted by molar-refractivity contribution is 5.47. The fourth-order valence-electron chi connectivity index (χ4n) is 1.28. The van der Waals surface area contributed by atoms with E-state index >= 15 is 0 Å². The zero-order valence-electron chi connectivity index (χ0n) is 8.70. The summed E-state index contributed by atoms with van der Waals surface area (Å²) in [5, 5.41) is 0. The van der Waals surface area contributed by atoms with Crippen molar-refractivity contribution in [3.8, 4) is 0 Å². The molecule has 0 aliphatic rings. The zero-order valence-corrected chi connectivity index (χ0v) is 8.70. The van der Waals surface area contributed by atoms with Crippen LogP contribution in [0.1, 0.15) is 25.1 Å². The highest BCUT2D eigenvalue weighted by Gasteiger charge is 1.97. The Morgan fingerprint density at radius 3 is 2.54 bits per heavy atom. The Kier molecular flexibility index (Phi) is 3.07. The van der Waals surface area contributed by atoms with Gasteiger partial charge in [-0.3, -0.25) is 0 Å². The summed E-state index contributed by atoms with van der Waals surface area (Å²) in [4.78, 5) is 4.38. The third kappa shape index (κ3) is 1.89. The molecule has 0 aliphatic heterocycles. The number of hydrogen-bond acceptors (Lipinski definition) is 1. The van der Waals surface area contributed by atoms with Gasteiger partial charge < -0.3 is 4.40 Å². The lowest BCUT2D eigenvalue weighted by atomic mass is 10.3. The Morgan fingerprint density at radius 2 is 1.92 bits per heavy atom. The molecule has 2 heteroatoms. The predicted molar refractivity (Wildman–Crippen MR) is 56.0 cm³/mol. The Balaban J connectivity index is 0.000000396. The molecule has 2 heterocycles. The van der Waals surface area contributed by atoms with E-state index in [0.717, 1.165) is 11.3 Å². The smallest absolute Gasteiger partial charge is 0.139 e. The first kappa shape index (κ1) is 9.78. The van der Waals surface area contributed by atoms with Gasteiger partial charge in [-0.1, -0.05) is 19.9 Å². The van der Waals surface area contributed by atoms with Crippen molar-refractivity contribution in [3.05, 3.63) is 35.8 Å². The van der Waals surface area contributed by atoms with E-state index in [4.69, 9.17) is 0 Å². The number of fused-ring (bicyclic) bond motifs is 1. The first-order valence-electron chi connectivity index (χ1n) is 4.68. The summed E-state index contributed by atoms with van der Waals surface area (Å²) >= 11 is 0. The molecule has 0 spiro atoms. The van der Waals surface area contributed by atoms with Crippen LogP contribution in [0.4, 0.5) is 0 Å². The Bertz CT molecular complexity index is 388. The first-order valence-corrected chi connectivity index (χ1v) is 4.68. The summed E-state index contributed by atoms with van der Waals surface area (Å²) in [5.74, 6) is 0. The van der Waals surface area contributed by atoms with Crippen molar-refractivity contribution < 1.29 is 0 Å². The maximum atomic E-state index is 4.38. The predicted octanol–water partition coefficient (Wildman–Crippen LogP) is 2.98. The molecule has 13 heavy (non-hydrogen) atoms. The van der Waals surface area contributed by atoms with Gasteiger partial charge in [-0.15, -0.1) is 0 Å². The highest BCUT2D eigenvalue weighted by Crippen LogP contribution is 2.08. The van der Waals surface area contributed by atoms with E-state index in [9.17, 15) is 0 Å². The van der Waals surface area contributed by atoms with Gasteiger partial charge in [0.1, 0.15) is 5.65 Å². The summed E-state index contributed by atoms with van der Waals surface area (Å²) in [6.07, 6.45) is 4.05. The molecule has 2 rings (SSSR count). The standard InChI is InChI=1S/C9H10N2.C2H6/c1-7-4-3-5-11-6-8(2)10-9(7)11;1-2/h3-6H,1-2H3;1-2H3. The zero-order chi connectivity index (χ0) is 9.84. The van der Waals surface area contributed by atoms with Crippen LogP contribution in [0.15, 0.2) is 24.5 Å². The second kappa shape index (κ2) is 4.08. The molecule has 0 aromatic carbocycles. The van der Waals surface area contributed by atoms with Crippen LogP contribution in [0, 0.1) is 13.8 Å². The minimum absolute atomic E-state index is 1.06. The molecule has 0 saturated heterocycles. The topological polar surface area (TPSA) is 17.3 Å². The maximum Gasteiger partial charge on any atom is 0.139 e. The van der Waals surface area contributed by atoms with E-state index in [0.29, 0.717) is 0 Å². The normalized spacial score (nSPS) is 9.54. The van der Waals surface area contributed by atoms with Gasteiger partial charge in [-0.05, 0) is 25.5 Å². The Labute approximate surface area is 79.2 Å². The monoisotopic (exact) mass is 176 g/mol. The number of imidazole rings is 1. The van der Waals surface area contributed by atoms with Crippen molar-refractivity contribution in [1.29, 1.82) is 0 Å². The van der Waals surface area contributed by atoms with Crippen LogP contribution in [0.5, 0.6) is 0 Å². The SMILES string of the molecule is CC.Cc1cn2cccc(C)c2n1. The average Bonchev–Trinajstić information content (AvgIpc) is 2.51. The summed E-state index contributed by atoms with van der Waals surface area (Å²) in [6, 6.07) is 4.10. The molecule has 0 unspecified atom stereocenters. The number of hydrogen-bond donors (Lipinski definition) is 0. The molecule has 0 aliphatic carbocycles. The number of rotatable bonds is 0. The fraction of sp³-hybridized carbons (Fsp3) is 0.364. The third-order valence-electron chi connectivity index (χ3n) is 1.80. The van der Waals surface area contributed by atoms with E-state index in [-0.39, 0.29) is 0 Å². The molecule has 0 amide bonds. The molecule has 2 aromatic heterocycles. The largest absolute Gasteiger partial charge is 0.307 e. The second-order valence-electron chi connectivity index (χ2n) is 2.80. The van der Waals surface area contributed by atoms with Crippen molar-refractivity contribution in [2.24, 2.45) is 0 Å². The third-order valence-corrected chi connectivity index (χ3v) is 1.80. The lowest BCUT2D eigenvalue weighted by Crippen LogP contribution is -1.83. The Morgan fingerprint density at radius 1 is 1.23 bits per heavy atom. The maximum absolute atomic E-state index is 4.38. The van der Waals surface area contributed by atoms with Crippen molar-refractivity contribution in [2.75, 3.05) is 0 Å². The van der Waals surface area contributed by atoms with E-state index in [1.165, 1.54) is 5.56 Å². The minimum atomic E-state index is 1.06. The molecule has 0 atom stereocenters. The summed E-state index contributed by atoms with van der Waals surface area (Å²) in [6.45, 7) is 8.08. The molecule has 70 valence electrons. The van der Waals surface area contributed by atoms with E-state index < -0.39 is 0 Å². The fourth-order valence-corrected chi connectivity index (χ4v) is 1.28. The number of aryl methyl sites for hydroxylation is 2. The van der Waals surface area contributed by atoms with Crippen molar-refractivity contribution in [2.45, 2.75) is 27.7 Å². The lowest BCUT2D eigenvalue weighted by Gasteiger charge is -1.93. The van der Waals surface area contributed by atoms with Crippen LogP contribution in [0.25, 0.3) is 5.65 Å². The molecule has 0 radical (unpaired) electrons. The highest BCUT2D eigenvalue weighted by atomic mass is 15.0. The lowest BCUT2D eigenvalue weighted by molar-refractivity contribution is 1.16. The van der Waals surface area contributed by atoms with E-state index in [1.54, 1.807) is 0 Å². The summed E-state index contributed by atoms with van der Waals surface area (Å²) in [5.41, 5.74) is 3.35. The van der Waals surface area contributed by atoms with Gasteiger partial charge in [0.2, 0.25) is 0 Å². The van der Waals surface area contributed by atoms with Crippen LogP contribution in [-0.4, -0.2) is 9.38 Å². The van der Waals surface area contributed by atoms with Crippen LogP contribution in [-0.2, 0) is 0 Å². The van der Waals surface area contributed by atoms with Gasteiger partial charge in [-0.25, -0.2) is 4.98 Å². The summed E-state index contributed by atoms with van der Waals surface area (Å²) < 4.78 is 2.05. The second-order valence-corrected chi connectivity index (χ2v) is 2.80. The number of aromatic nitrogens is 2. The van der Waals surface area contributed by atoms with Crippen LogP contribution < -0.4 is 0 Å². The molecular weight excluding hydrogens is 160 g/mol. The van der Waals surface area contributed by atoms with Gasteiger partial charge in [0.05, 0.1) is 5.69 Å². The van der Waals surface area contributed by atoms with Crippen LogP contribution in [0.3, 0.4) is 0 Å². The van der Waals surface area contributed by atoms with Gasteiger partial charge >= 0.3 is 0 Å². The van der Waals surface area contributed by atoms with E-state index in [2.05, 4.69) is 18.0 Å². The number of pyridine rings is 1. The van der Waals surface area contributed by atoms with Crippen LogP contribution >= 0.6 is 0 Å². The Hall–Kier alpha value is -1.31. The number of nitrogens with zero attached hydrogens (tertiary/aromatic N) is 2. The van der Waals surface area contributed by atoms with Crippen molar-refractivity contribution in [3.63, 3.8) is 0 Å². The quantitative estimate of drug-likeness (QED) is 0.603. The minimum Gasteiger partial charge on any atom is -0.307 e. The average molecular weight is 176 g/mol. The molecule has 0 saturated carbocycles. The van der Waals surface area contributed by atoms with Gasteiger partial charge in [0.25, 0.3) is 0 Å². The van der Waals surface area contributed by atoms with Crippen molar-refractivity contribution in [1.82, 2.24) is 9.38 Å². The molecule has 0 fully saturated rings. The first-order chi connectivity index (χ1) is 6.27. The van der Waals surface area contributed by atoms with E-state index in [1.807, 2.05) is 43.6 Å². The molecule has 0 bridgehead atoms. The van der Waals surface area contributed by atoms with Gasteiger partial charge in [0.15, 0.2) is 0 Å².